The zero-order valence-electron chi connectivity index (χ0n) is 13.3. The molecular formula is C17H21N5O2. The number of para-hydroxylation sites is 1. The molecule has 3 rings (SSSR count). The number of benzene rings is 1. The van der Waals surface area contributed by atoms with Crippen molar-refractivity contribution >= 4 is 17.7 Å². The Hall–Kier alpha value is -2.51. The third kappa shape index (κ3) is 3.52. The number of aliphatic hydroxyl groups is 1. The van der Waals surface area contributed by atoms with E-state index in [1.165, 1.54) is 10.9 Å². The summed E-state index contributed by atoms with van der Waals surface area (Å²) in [6.45, 7) is 1.64. The number of aromatic nitrogens is 2. The van der Waals surface area contributed by atoms with Crippen molar-refractivity contribution in [3.05, 3.63) is 52.6 Å². The van der Waals surface area contributed by atoms with Gasteiger partial charge in [-0.25, -0.2) is 4.98 Å². The summed E-state index contributed by atoms with van der Waals surface area (Å²) < 4.78 is 1.39. The Labute approximate surface area is 139 Å². The predicted octanol–water partition coefficient (Wildman–Crippen LogP) is 1.10. The highest BCUT2D eigenvalue weighted by atomic mass is 16.3. The maximum absolute atomic E-state index is 12.6. The van der Waals surface area contributed by atoms with Crippen LogP contribution in [0.15, 0.2) is 41.5 Å². The van der Waals surface area contributed by atoms with E-state index in [9.17, 15) is 9.90 Å². The number of hydrogen-bond acceptors (Lipinski definition) is 6. The van der Waals surface area contributed by atoms with Crippen molar-refractivity contribution in [3.8, 4) is 0 Å². The quantitative estimate of drug-likeness (QED) is 0.616. The summed E-state index contributed by atoms with van der Waals surface area (Å²) in [6.07, 6.45) is 3.61. The Kier molecular flexibility index (Phi) is 4.73. The fourth-order valence-electron chi connectivity index (χ4n) is 2.87. The maximum atomic E-state index is 12.6. The average molecular weight is 327 g/mol. The van der Waals surface area contributed by atoms with Gasteiger partial charge in [0.25, 0.3) is 5.56 Å². The Morgan fingerprint density at radius 1 is 1.33 bits per heavy atom. The number of anilines is 2. The molecule has 7 heteroatoms. The highest BCUT2D eigenvalue weighted by Gasteiger charge is 2.30. The normalized spacial score (nSPS) is 16.5. The molecule has 0 radical (unpaired) electrons. The van der Waals surface area contributed by atoms with Gasteiger partial charge in [0.2, 0.25) is 0 Å². The van der Waals surface area contributed by atoms with E-state index in [4.69, 9.17) is 5.41 Å². The van der Waals surface area contributed by atoms with Gasteiger partial charge >= 0.3 is 0 Å². The first-order chi connectivity index (χ1) is 11.6. The molecule has 4 N–H and O–H groups in total. The fraction of sp³-hybridized carbons (Fsp3) is 0.353. The van der Waals surface area contributed by atoms with Crippen LogP contribution < -0.4 is 16.2 Å². The molecule has 1 aromatic carbocycles. The Bertz CT molecular complexity index is 766. The van der Waals surface area contributed by atoms with Crippen LogP contribution in [0.2, 0.25) is 0 Å². The molecule has 0 spiro atoms. The molecule has 7 nitrogen and oxygen atoms in total. The van der Waals surface area contributed by atoms with Crippen molar-refractivity contribution in [2.24, 2.45) is 0 Å². The number of nitrogens with one attached hydrogen (secondary N) is 3. The fourth-order valence-corrected chi connectivity index (χ4v) is 2.87. The molecule has 0 aliphatic carbocycles. The van der Waals surface area contributed by atoms with E-state index in [-0.39, 0.29) is 17.7 Å². The molecule has 24 heavy (non-hydrogen) atoms. The van der Waals surface area contributed by atoms with Crippen LogP contribution in [-0.4, -0.2) is 39.6 Å². The van der Waals surface area contributed by atoms with Crippen LogP contribution in [0.3, 0.4) is 0 Å². The summed E-state index contributed by atoms with van der Waals surface area (Å²) in [5.41, 5.74) is -0.267. The summed E-state index contributed by atoms with van der Waals surface area (Å²) in [7, 11) is 0. The van der Waals surface area contributed by atoms with Gasteiger partial charge in [0.1, 0.15) is 11.4 Å². The minimum absolute atomic E-state index is 0.180. The molecule has 1 aliphatic rings. The molecule has 1 fully saturated rings. The highest BCUT2D eigenvalue weighted by Crippen LogP contribution is 2.20. The standard InChI is InChI=1S/C17H21N5O2/c18-10-14-15(21-13-4-2-1-3-5-13)20-12-22(16(14)23)11-17(24)6-8-19-9-7-17/h1-5,10,12,18-19,21,24H,6-9,11H2. The Balaban J connectivity index is 1.88. The second kappa shape index (κ2) is 6.94. The van der Waals surface area contributed by atoms with Gasteiger partial charge in [-0.1, -0.05) is 18.2 Å². The second-order valence-corrected chi connectivity index (χ2v) is 6.05. The molecule has 0 bridgehead atoms. The van der Waals surface area contributed by atoms with Gasteiger partial charge in [0, 0.05) is 11.9 Å². The van der Waals surface area contributed by atoms with E-state index in [2.05, 4.69) is 15.6 Å². The summed E-state index contributed by atoms with van der Waals surface area (Å²) in [5, 5.41) is 24.4. The lowest BCUT2D eigenvalue weighted by Gasteiger charge is -2.32. The topological polar surface area (TPSA) is 103 Å². The molecule has 1 aromatic heterocycles. The van der Waals surface area contributed by atoms with Gasteiger partial charge in [-0.2, -0.15) is 0 Å². The first-order valence-corrected chi connectivity index (χ1v) is 7.96. The molecule has 126 valence electrons. The van der Waals surface area contributed by atoms with Gasteiger partial charge in [0.05, 0.1) is 18.5 Å². The second-order valence-electron chi connectivity index (χ2n) is 6.05. The monoisotopic (exact) mass is 327 g/mol. The molecule has 0 unspecified atom stereocenters. The first kappa shape index (κ1) is 16.4. The summed E-state index contributed by atoms with van der Waals surface area (Å²) in [6, 6.07) is 9.37. The summed E-state index contributed by atoms with van der Waals surface area (Å²) in [4.78, 5) is 16.9. The number of hydrogen-bond donors (Lipinski definition) is 4. The van der Waals surface area contributed by atoms with Crippen molar-refractivity contribution in [1.29, 1.82) is 5.41 Å². The van der Waals surface area contributed by atoms with Gasteiger partial charge in [-0.15, -0.1) is 0 Å². The van der Waals surface area contributed by atoms with Crippen LogP contribution in [0.4, 0.5) is 11.5 Å². The van der Waals surface area contributed by atoms with Gasteiger partial charge < -0.3 is 21.1 Å². The lowest BCUT2D eigenvalue weighted by Crippen LogP contribution is -2.46. The van der Waals surface area contributed by atoms with Crippen LogP contribution >= 0.6 is 0 Å². The molecule has 2 heterocycles. The minimum atomic E-state index is -0.912. The van der Waals surface area contributed by atoms with Crippen molar-refractivity contribution in [2.75, 3.05) is 18.4 Å². The van der Waals surface area contributed by atoms with Gasteiger partial charge in [-0.3, -0.25) is 9.36 Å². The lowest BCUT2D eigenvalue weighted by molar-refractivity contribution is -0.00640. The molecule has 2 aromatic rings. The third-order valence-corrected chi connectivity index (χ3v) is 4.25. The Morgan fingerprint density at radius 3 is 2.71 bits per heavy atom. The van der Waals surface area contributed by atoms with Gasteiger partial charge in [-0.05, 0) is 38.1 Å². The van der Waals surface area contributed by atoms with E-state index in [1.807, 2.05) is 30.3 Å². The molecule has 0 amide bonds. The van der Waals surface area contributed by atoms with Gasteiger partial charge in [0.15, 0.2) is 0 Å². The summed E-state index contributed by atoms with van der Waals surface area (Å²) in [5.74, 6) is 0.342. The van der Waals surface area contributed by atoms with E-state index < -0.39 is 5.60 Å². The number of nitrogens with zero attached hydrogens (tertiary/aromatic N) is 2. The van der Waals surface area contributed by atoms with Crippen LogP contribution in [0, 0.1) is 5.41 Å². The van der Waals surface area contributed by atoms with Crippen molar-refractivity contribution in [1.82, 2.24) is 14.9 Å². The molecule has 0 atom stereocenters. The Morgan fingerprint density at radius 2 is 2.04 bits per heavy atom. The number of rotatable bonds is 5. The highest BCUT2D eigenvalue weighted by molar-refractivity contribution is 5.84. The van der Waals surface area contributed by atoms with E-state index in [0.717, 1.165) is 25.0 Å². The SMILES string of the molecule is N=Cc1c(Nc2ccccc2)ncn(CC2(O)CCNCC2)c1=O. The lowest BCUT2D eigenvalue weighted by atomic mass is 9.92. The van der Waals surface area contributed by atoms with Crippen LogP contribution in [-0.2, 0) is 6.54 Å². The summed E-state index contributed by atoms with van der Waals surface area (Å²) >= 11 is 0. The third-order valence-electron chi connectivity index (χ3n) is 4.25. The van der Waals surface area contributed by atoms with Crippen molar-refractivity contribution in [3.63, 3.8) is 0 Å². The largest absolute Gasteiger partial charge is 0.388 e. The van der Waals surface area contributed by atoms with E-state index in [1.54, 1.807) is 0 Å². The molecule has 1 aliphatic heterocycles. The minimum Gasteiger partial charge on any atom is -0.388 e. The van der Waals surface area contributed by atoms with Crippen LogP contribution in [0.25, 0.3) is 0 Å². The predicted molar refractivity (Wildman–Crippen MR) is 93.2 cm³/mol. The zero-order chi connectivity index (χ0) is 17.0. The smallest absolute Gasteiger partial charge is 0.264 e. The van der Waals surface area contributed by atoms with E-state index >= 15 is 0 Å². The molecule has 1 saturated heterocycles. The van der Waals surface area contributed by atoms with Crippen LogP contribution in [0.1, 0.15) is 18.4 Å². The zero-order valence-corrected chi connectivity index (χ0v) is 13.3. The maximum Gasteiger partial charge on any atom is 0.264 e. The number of piperidine rings is 1. The van der Waals surface area contributed by atoms with E-state index in [0.29, 0.717) is 18.7 Å². The van der Waals surface area contributed by atoms with Crippen LogP contribution in [0.5, 0.6) is 0 Å². The molecular weight excluding hydrogens is 306 g/mol. The average Bonchev–Trinajstić information content (AvgIpc) is 2.59. The first-order valence-electron chi connectivity index (χ1n) is 7.96. The van der Waals surface area contributed by atoms with Crippen molar-refractivity contribution < 1.29 is 5.11 Å². The van der Waals surface area contributed by atoms with Crippen molar-refractivity contribution in [2.45, 2.75) is 25.0 Å². The molecule has 0 saturated carbocycles.